The van der Waals surface area contributed by atoms with Gasteiger partial charge in [0.2, 0.25) is 0 Å². The summed E-state index contributed by atoms with van der Waals surface area (Å²) in [5, 5.41) is 1.12. The van der Waals surface area contributed by atoms with Gasteiger partial charge in [0.25, 0.3) is 0 Å². The lowest BCUT2D eigenvalue weighted by Crippen LogP contribution is -2.36. The second-order valence-corrected chi connectivity index (χ2v) is 8.98. The van der Waals surface area contributed by atoms with E-state index in [2.05, 4.69) is 58.4 Å². The molecule has 0 spiro atoms. The molecular formula is C29H28N4O2. The summed E-state index contributed by atoms with van der Waals surface area (Å²) >= 11 is 0. The zero-order valence-electron chi connectivity index (χ0n) is 19.9. The third kappa shape index (κ3) is 4.38. The molecule has 3 heterocycles. The molecule has 0 radical (unpaired) electrons. The summed E-state index contributed by atoms with van der Waals surface area (Å²) in [7, 11) is 1.67. The molecular weight excluding hydrogens is 436 g/mol. The van der Waals surface area contributed by atoms with Crippen LogP contribution in [-0.2, 0) is 11.3 Å². The van der Waals surface area contributed by atoms with Crippen LogP contribution in [0.4, 0.5) is 0 Å². The summed E-state index contributed by atoms with van der Waals surface area (Å²) in [5.74, 6) is 1.63. The Labute approximate surface area is 204 Å². The van der Waals surface area contributed by atoms with Crippen molar-refractivity contribution in [3.8, 4) is 22.7 Å². The van der Waals surface area contributed by atoms with Gasteiger partial charge in [0.15, 0.2) is 0 Å². The predicted octanol–water partition coefficient (Wildman–Crippen LogP) is 5.47. The number of imidazole rings is 1. The third-order valence-electron chi connectivity index (χ3n) is 6.65. The fraction of sp³-hybridized carbons (Fsp3) is 0.241. The van der Waals surface area contributed by atoms with Crippen LogP contribution in [0.15, 0.2) is 79.1 Å². The maximum absolute atomic E-state index is 5.74. The molecule has 1 aliphatic heterocycles. The monoisotopic (exact) mass is 464 g/mol. The van der Waals surface area contributed by atoms with Gasteiger partial charge in [-0.05, 0) is 54.9 Å². The maximum atomic E-state index is 5.74. The van der Waals surface area contributed by atoms with Gasteiger partial charge in [0.05, 0.1) is 23.2 Å². The second kappa shape index (κ2) is 9.49. The van der Waals surface area contributed by atoms with Crippen LogP contribution in [0.5, 0.6) is 5.75 Å². The van der Waals surface area contributed by atoms with E-state index in [9.17, 15) is 0 Å². The standard InChI is InChI=1S/C29H28N4O2/c1-34-16-17-35-24-11-12-27-26(18-24)30-20-33(27)28-13-10-23-4-2-5-25(29(23)31-28)22-8-6-21(7-9-22)19-32-14-3-15-32/h2,4-13,18,20H,3,14-17,19H2,1H3. The lowest BCUT2D eigenvalue weighted by molar-refractivity contribution is 0.146. The van der Waals surface area contributed by atoms with Crippen molar-refractivity contribution in [1.82, 2.24) is 19.4 Å². The van der Waals surface area contributed by atoms with E-state index >= 15 is 0 Å². The van der Waals surface area contributed by atoms with E-state index < -0.39 is 0 Å². The van der Waals surface area contributed by atoms with Gasteiger partial charge in [-0.1, -0.05) is 42.5 Å². The number of ether oxygens (including phenoxy) is 2. The Morgan fingerprint density at radius 3 is 2.60 bits per heavy atom. The van der Waals surface area contributed by atoms with Crippen LogP contribution >= 0.6 is 0 Å². The Kier molecular flexibility index (Phi) is 5.90. The quantitative estimate of drug-likeness (QED) is 0.285. The Hall–Kier alpha value is -3.74. The van der Waals surface area contributed by atoms with E-state index in [-0.39, 0.29) is 0 Å². The molecule has 6 heteroatoms. The molecule has 3 aromatic carbocycles. The highest BCUT2D eigenvalue weighted by atomic mass is 16.5. The highest BCUT2D eigenvalue weighted by Gasteiger charge is 2.14. The number of methoxy groups -OCH3 is 1. The summed E-state index contributed by atoms with van der Waals surface area (Å²) in [6, 6.07) is 25.4. The average molecular weight is 465 g/mol. The molecule has 1 fully saturated rings. The van der Waals surface area contributed by atoms with Gasteiger partial charge in [-0.25, -0.2) is 9.97 Å². The van der Waals surface area contributed by atoms with Gasteiger partial charge in [-0.3, -0.25) is 9.47 Å². The van der Waals surface area contributed by atoms with Gasteiger partial charge in [0, 0.05) is 30.7 Å². The molecule has 6 rings (SSSR count). The first-order valence-electron chi connectivity index (χ1n) is 12.1. The molecule has 1 saturated heterocycles. The lowest BCUT2D eigenvalue weighted by Gasteiger charge is -2.30. The molecule has 2 aromatic heterocycles. The van der Waals surface area contributed by atoms with Crippen molar-refractivity contribution in [3.05, 3.63) is 84.7 Å². The molecule has 0 N–H and O–H groups in total. The van der Waals surface area contributed by atoms with E-state index in [1.807, 2.05) is 35.2 Å². The molecule has 0 atom stereocenters. The van der Waals surface area contributed by atoms with Crippen LogP contribution < -0.4 is 4.74 Å². The molecule has 0 unspecified atom stereocenters. The number of rotatable bonds is 8. The fourth-order valence-electron chi connectivity index (χ4n) is 4.60. The van der Waals surface area contributed by atoms with E-state index in [1.54, 1.807) is 7.11 Å². The average Bonchev–Trinajstić information content (AvgIpc) is 3.29. The maximum Gasteiger partial charge on any atom is 0.139 e. The van der Waals surface area contributed by atoms with Crippen LogP contribution in [0, 0.1) is 0 Å². The van der Waals surface area contributed by atoms with Gasteiger partial charge < -0.3 is 9.47 Å². The van der Waals surface area contributed by atoms with Crippen LogP contribution in [0.1, 0.15) is 12.0 Å². The normalized spacial score (nSPS) is 13.9. The van der Waals surface area contributed by atoms with Gasteiger partial charge in [-0.2, -0.15) is 0 Å². The first-order valence-corrected chi connectivity index (χ1v) is 12.1. The minimum absolute atomic E-state index is 0.511. The lowest BCUT2D eigenvalue weighted by atomic mass is 10.0. The fourth-order valence-corrected chi connectivity index (χ4v) is 4.60. The number of fused-ring (bicyclic) bond motifs is 2. The Bertz CT molecular complexity index is 1470. The predicted molar refractivity (Wildman–Crippen MR) is 139 cm³/mol. The summed E-state index contributed by atoms with van der Waals surface area (Å²) in [6.45, 7) is 4.52. The molecule has 176 valence electrons. The number of hydrogen-bond acceptors (Lipinski definition) is 5. The van der Waals surface area contributed by atoms with Crippen LogP contribution in [0.25, 0.3) is 38.9 Å². The first kappa shape index (κ1) is 21.8. The van der Waals surface area contributed by atoms with E-state index in [0.717, 1.165) is 45.6 Å². The van der Waals surface area contributed by atoms with Crippen molar-refractivity contribution in [2.45, 2.75) is 13.0 Å². The van der Waals surface area contributed by atoms with Gasteiger partial charge in [0.1, 0.15) is 24.5 Å². The van der Waals surface area contributed by atoms with Crippen molar-refractivity contribution >= 4 is 21.9 Å². The number of benzene rings is 3. The Morgan fingerprint density at radius 2 is 1.80 bits per heavy atom. The smallest absolute Gasteiger partial charge is 0.139 e. The molecule has 0 bridgehead atoms. The SMILES string of the molecule is COCCOc1ccc2c(c1)ncn2-c1ccc2cccc(-c3ccc(CN4CCC4)cc3)c2n1. The number of likely N-dealkylation sites (tertiary alicyclic amines) is 1. The summed E-state index contributed by atoms with van der Waals surface area (Å²) in [4.78, 5) is 12.2. The van der Waals surface area contributed by atoms with Crippen LogP contribution in [0.3, 0.4) is 0 Å². The van der Waals surface area contributed by atoms with E-state index in [0.29, 0.717) is 13.2 Å². The summed E-state index contributed by atoms with van der Waals surface area (Å²) < 4.78 is 12.8. The molecule has 0 aliphatic carbocycles. The second-order valence-electron chi connectivity index (χ2n) is 8.98. The number of pyridine rings is 1. The van der Waals surface area contributed by atoms with Crippen molar-refractivity contribution < 1.29 is 9.47 Å². The number of aromatic nitrogens is 3. The molecule has 1 aliphatic rings. The van der Waals surface area contributed by atoms with E-state index in [1.165, 1.54) is 30.6 Å². The number of para-hydroxylation sites is 1. The minimum atomic E-state index is 0.511. The van der Waals surface area contributed by atoms with Crippen molar-refractivity contribution in [1.29, 1.82) is 0 Å². The zero-order valence-corrected chi connectivity index (χ0v) is 19.9. The Morgan fingerprint density at radius 1 is 0.914 bits per heavy atom. The molecule has 35 heavy (non-hydrogen) atoms. The molecule has 0 saturated carbocycles. The van der Waals surface area contributed by atoms with Crippen molar-refractivity contribution in [3.63, 3.8) is 0 Å². The third-order valence-corrected chi connectivity index (χ3v) is 6.65. The van der Waals surface area contributed by atoms with Crippen molar-refractivity contribution in [2.24, 2.45) is 0 Å². The molecule has 5 aromatic rings. The largest absolute Gasteiger partial charge is 0.491 e. The minimum Gasteiger partial charge on any atom is -0.491 e. The highest BCUT2D eigenvalue weighted by Crippen LogP contribution is 2.30. The molecule has 0 amide bonds. The Balaban J connectivity index is 1.33. The van der Waals surface area contributed by atoms with Gasteiger partial charge >= 0.3 is 0 Å². The summed E-state index contributed by atoms with van der Waals surface area (Å²) in [5.41, 5.74) is 6.52. The zero-order chi connectivity index (χ0) is 23.6. The highest BCUT2D eigenvalue weighted by molar-refractivity contribution is 5.94. The summed E-state index contributed by atoms with van der Waals surface area (Å²) in [6.07, 6.45) is 3.14. The topological polar surface area (TPSA) is 52.4 Å². The van der Waals surface area contributed by atoms with Crippen LogP contribution in [0.2, 0.25) is 0 Å². The van der Waals surface area contributed by atoms with E-state index in [4.69, 9.17) is 14.5 Å². The van der Waals surface area contributed by atoms with Crippen molar-refractivity contribution in [2.75, 3.05) is 33.4 Å². The number of hydrogen-bond donors (Lipinski definition) is 0. The number of nitrogens with zero attached hydrogens (tertiary/aromatic N) is 4. The molecule has 6 nitrogen and oxygen atoms in total. The first-order chi connectivity index (χ1) is 17.3. The van der Waals surface area contributed by atoms with Crippen LogP contribution in [-0.4, -0.2) is 52.8 Å². The van der Waals surface area contributed by atoms with Gasteiger partial charge in [-0.15, -0.1) is 0 Å².